The monoisotopic (exact) mass is 181 g/mol. The second kappa shape index (κ2) is 2.53. The van der Waals surface area contributed by atoms with Gasteiger partial charge in [0.15, 0.2) is 11.5 Å². The van der Waals surface area contributed by atoms with Crippen LogP contribution < -0.4 is 4.90 Å². The number of β-amino-alcohol motifs (C(OH)–C–C–N with tert-alkyl or cyclic N) is 1. The Balaban J connectivity index is 2.58. The van der Waals surface area contributed by atoms with E-state index in [2.05, 4.69) is 0 Å². The maximum absolute atomic E-state index is 9.53. The molecule has 0 aromatic heterocycles. The molecule has 1 atom stereocenters. The van der Waals surface area contributed by atoms with E-state index in [0.29, 0.717) is 12.1 Å². The fourth-order valence-electron chi connectivity index (χ4n) is 1.64. The minimum absolute atomic E-state index is 0.153. The fourth-order valence-corrected chi connectivity index (χ4v) is 1.64. The lowest BCUT2D eigenvalue weighted by atomic mass is 10.1. The number of aliphatic hydroxyl groups is 1. The number of fused-ring (bicyclic) bond motifs is 1. The average Bonchev–Trinajstić information content (AvgIpc) is 2.31. The highest BCUT2D eigenvalue weighted by atomic mass is 16.3. The molecule has 0 saturated carbocycles. The average molecular weight is 181 g/mol. The summed E-state index contributed by atoms with van der Waals surface area (Å²) >= 11 is 0. The van der Waals surface area contributed by atoms with Gasteiger partial charge in [-0.1, -0.05) is 0 Å². The molecule has 0 spiro atoms. The van der Waals surface area contributed by atoms with Crippen LogP contribution in [-0.2, 0) is 0 Å². The van der Waals surface area contributed by atoms with E-state index in [-0.39, 0.29) is 11.5 Å². The summed E-state index contributed by atoms with van der Waals surface area (Å²) in [5.74, 6) is -0.340. The second-order valence-electron chi connectivity index (χ2n) is 3.30. The van der Waals surface area contributed by atoms with Gasteiger partial charge in [0.1, 0.15) is 0 Å². The van der Waals surface area contributed by atoms with Crippen LogP contribution in [0.4, 0.5) is 5.69 Å². The highest BCUT2D eigenvalue weighted by molar-refractivity contribution is 5.64. The smallest absolute Gasteiger partial charge is 0.159 e. The van der Waals surface area contributed by atoms with Crippen molar-refractivity contribution < 1.29 is 15.3 Å². The molecule has 0 radical (unpaired) electrons. The predicted octanol–water partition coefficient (Wildman–Crippen LogP) is 0.581. The molecule has 1 aliphatic rings. The molecule has 1 aromatic rings. The summed E-state index contributed by atoms with van der Waals surface area (Å²) in [6.45, 7) is 0.498. The number of hydrogen-bond donors (Lipinski definition) is 3. The lowest BCUT2D eigenvalue weighted by Crippen LogP contribution is -2.14. The molecule has 2 rings (SSSR count). The van der Waals surface area contributed by atoms with Crippen molar-refractivity contribution in [1.82, 2.24) is 0 Å². The van der Waals surface area contributed by atoms with Crippen molar-refractivity contribution in [3.8, 4) is 11.5 Å². The molecule has 3 N–H and O–H groups in total. The SMILES string of the molecule is CN1C[C@H](O)c2cc(O)c(O)cc21. The zero-order chi connectivity index (χ0) is 9.59. The molecule has 0 fully saturated rings. The Morgan fingerprint density at radius 3 is 2.62 bits per heavy atom. The van der Waals surface area contributed by atoms with Gasteiger partial charge < -0.3 is 20.2 Å². The van der Waals surface area contributed by atoms with Crippen molar-refractivity contribution in [3.63, 3.8) is 0 Å². The van der Waals surface area contributed by atoms with Crippen LogP contribution in [0.15, 0.2) is 12.1 Å². The predicted molar refractivity (Wildman–Crippen MR) is 48.0 cm³/mol. The zero-order valence-electron chi connectivity index (χ0n) is 7.23. The molecule has 1 aliphatic heterocycles. The number of hydrogen-bond acceptors (Lipinski definition) is 4. The largest absolute Gasteiger partial charge is 0.504 e. The van der Waals surface area contributed by atoms with Crippen LogP contribution in [0.25, 0.3) is 0 Å². The Kier molecular flexibility index (Phi) is 1.60. The Bertz CT molecular complexity index is 318. The summed E-state index contributed by atoms with van der Waals surface area (Å²) in [4.78, 5) is 1.83. The van der Waals surface area contributed by atoms with Crippen LogP contribution in [0.5, 0.6) is 11.5 Å². The van der Waals surface area contributed by atoms with Gasteiger partial charge in [-0.05, 0) is 6.07 Å². The zero-order valence-corrected chi connectivity index (χ0v) is 7.23. The third-order valence-electron chi connectivity index (χ3n) is 2.34. The van der Waals surface area contributed by atoms with Crippen LogP contribution in [-0.4, -0.2) is 28.9 Å². The van der Waals surface area contributed by atoms with E-state index in [1.807, 2.05) is 11.9 Å². The highest BCUT2D eigenvalue weighted by Gasteiger charge is 2.25. The highest BCUT2D eigenvalue weighted by Crippen LogP contribution is 2.40. The third-order valence-corrected chi connectivity index (χ3v) is 2.34. The van der Waals surface area contributed by atoms with Gasteiger partial charge in [0.25, 0.3) is 0 Å². The van der Waals surface area contributed by atoms with E-state index in [1.54, 1.807) is 0 Å². The van der Waals surface area contributed by atoms with Gasteiger partial charge in [0.2, 0.25) is 0 Å². The first-order valence-corrected chi connectivity index (χ1v) is 4.04. The van der Waals surface area contributed by atoms with E-state index < -0.39 is 6.10 Å². The normalized spacial score (nSPS) is 20.5. The molecule has 0 unspecified atom stereocenters. The molecule has 13 heavy (non-hydrogen) atoms. The maximum atomic E-state index is 9.53. The number of phenolic OH excluding ortho intramolecular Hbond substituents is 2. The minimum atomic E-state index is -0.577. The third kappa shape index (κ3) is 1.10. The fraction of sp³-hybridized carbons (Fsp3) is 0.333. The van der Waals surface area contributed by atoms with E-state index in [9.17, 15) is 15.3 Å². The number of phenols is 2. The molecule has 0 aliphatic carbocycles. The molecule has 4 heteroatoms. The van der Waals surface area contributed by atoms with Gasteiger partial charge >= 0.3 is 0 Å². The van der Waals surface area contributed by atoms with Gasteiger partial charge in [-0.15, -0.1) is 0 Å². The van der Waals surface area contributed by atoms with E-state index >= 15 is 0 Å². The van der Waals surface area contributed by atoms with Crippen molar-refractivity contribution in [2.45, 2.75) is 6.10 Å². The molecular formula is C9H11NO3. The van der Waals surface area contributed by atoms with Gasteiger partial charge in [-0.3, -0.25) is 0 Å². The van der Waals surface area contributed by atoms with Crippen LogP contribution in [0.3, 0.4) is 0 Å². The number of nitrogens with zero attached hydrogens (tertiary/aromatic N) is 1. The standard InChI is InChI=1S/C9H11NO3/c1-10-4-9(13)5-2-7(11)8(12)3-6(5)10/h2-3,9,11-13H,4H2,1H3/t9-/m0/s1. The van der Waals surface area contributed by atoms with Gasteiger partial charge in [0, 0.05) is 30.9 Å². The summed E-state index contributed by atoms with van der Waals surface area (Å²) in [7, 11) is 1.82. The molecule has 4 nitrogen and oxygen atoms in total. The molecule has 0 saturated heterocycles. The van der Waals surface area contributed by atoms with E-state index in [0.717, 1.165) is 5.69 Å². The van der Waals surface area contributed by atoms with Crippen LogP contribution >= 0.6 is 0 Å². The lowest BCUT2D eigenvalue weighted by molar-refractivity contribution is 0.195. The van der Waals surface area contributed by atoms with E-state index in [4.69, 9.17) is 0 Å². The molecular weight excluding hydrogens is 170 g/mol. The number of aliphatic hydroxyl groups excluding tert-OH is 1. The van der Waals surface area contributed by atoms with E-state index in [1.165, 1.54) is 12.1 Å². The first-order chi connectivity index (χ1) is 6.09. The van der Waals surface area contributed by atoms with Crippen molar-refractivity contribution >= 4 is 5.69 Å². The minimum Gasteiger partial charge on any atom is -0.504 e. The van der Waals surface area contributed by atoms with Gasteiger partial charge in [0.05, 0.1) is 6.10 Å². The van der Waals surface area contributed by atoms with Crippen molar-refractivity contribution in [2.24, 2.45) is 0 Å². The summed E-state index contributed by atoms with van der Waals surface area (Å²) in [6.07, 6.45) is -0.577. The van der Waals surface area contributed by atoms with Gasteiger partial charge in [-0.25, -0.2) is 0 Å². The second-order valence-corrected chi connectivity index (χ2v) is 3.30. The van der Waals surface area contributed by atoms with Crippen LogP contribution in [0.1, 0.15) is 11.7 Å². The van der Waals surface area contributed by atoms with Crippen molar-refractivity contribution in [1.29, 1.82) is 0 Å². The molecule has 1 heterocycles. The van der Waals surface area contributed by atoms with Crippen molar-refractivity contribution in [2.75, 3.05) is 18.5 Å². The first-order valence-electron chi connectivity index (χ1n) is 4.04. The number of likely N-dealkylation sites (N-methyl/N-ethyl adjacent to an activating group) is 1. The number of aromatic hydroxyl groups is 2. The summed E-state index contributed by atoms with van der Waals surface area (Å²) in [6, 6.07) is 2.86. The molecule has 0 amide bonds. The lowest BCUT2D eigenvalue weighted by Gasteiger charge is -2.11. The summed E-state index contributed by atoms with van der Waals surface area (Å²) in [5.41, 5.74) is 1.43. The Labute approximate surface area is 75.7 Å². The Morgan fingerprint density at radius 1 is 1.31 bits per heavy atom. The molecule has 70 valence electrons. The molecule has 1 aromatic carbocycles. The maximum Gasteiger partial charge on any atom is 0.159 e. The number of anilines is 1. The topological polar surface area (TPSA) is 63.9 Å². The van der Waals surface area contributed by atoms with Crippen LogP contribution in [0, 0.1) is 0 Å². The number of benzene rings is 1. The summed E-state index contributed by atoms with van der Waals surface area (Å²) in [5, 5.41) is 28.0. The first kappa shape index (κ1) is 8.19. The Morgan fingerprint density at radius 2 is 1.92 bits per heavy atom. The Hall–Kier alpha value is -1.42. The van der Waals surface area contributed by atoms with Crippen molar-refractivity contribution in [3.05, 3.63) is 17.7 Å². The van der Waals surface area contributed by atoms with Crippen LogP contribution in [0.2, 0.25) is 0 Å². The summed E-state index contributed by atoms with van der Waals surface area (Å²) < 4.78 is 0. The molecule has 0 bridgehead atoms. The number of rotatable bonds is 0. The quantitative estimate of drug-likeness (QED) is 0.512. The van der Waals surface area contributed by atoms with Gasteiger partial charge in [-0.2, -0.15) is 0 Å².